The maximum absolute atomic E-state index is 12.9. The van der Waals surface area contributed by atoms with Gasteiger partial charge in [0.1, 0.15) is 22.0 Å². The predicted molar refractivity (Wildman–Crippen MR) is 113 cm³/mol. The van der Waals surface area contributed by atoms with Crippen molar-refractivity contribution in [1.82, 2.24) is 19.9 Å². The molecule has 0 aliphatic carbocycles. The van der Waals surface area contributed by atoms with E-state index in [1.807, 2.05) is 37.3 Å². The summed E-state index contributed by atoms with van der Waals surface area (Å²) < 4.78 is 30.9. The molecule has 30 heavy (non-hydrogen) atoms. The molecule has 0 radical (unpaired) electrons. The van der Waals surface area contributed by atoms with Gasteiger partial charge >= 0.3 is 0 Å². The Bertz CT molecular complexity index is 1170. The average Bonchev–Trinajstić information content (AvgIpc) is 3.06. The van der Waals surface area contributed by atoms with E-state index in [-0.39, 0.29) is 23.2 Å². The van der Waals surface area contributed by atoms with Gasteiger partial charge in [-0.15, -0.1) is 0 Å². The number of hydrogen-bond donors (Lipinski definition) is 1. The smallest absolute Gasteiger partial charge is 0.287 e. The second-order valence-electron chi connectivity index (χ2n) is 7.95. The van der Waals surface area contributed by atoms with Crippen molar-refractivity contribution in [3.05, 3.63) is 54.0 Å². The minimum atomic E-state index is -3.01. The Morgan fingerprint density at radius 3 is 2.63 bits per heavy atom. The van der Waals surface area contributed by atoms with Gasteiger partial charge in [-0.1, -0.05) is 30.3 Å². The van der Waals surface area contributed by atoms with Gasteiger partial charge in [0.25, 0.3) is 5.91 Å². The van der Waals surface area contributed by atoms with Crippen LogP contribution >= 0.6 is 0 Å². The molecule has 1 N–H and O–H groups in total. The van der Waals surface area contributed by atoms with Gasteiger partial charge in [0.15, 0.2) is 5.82 Å². The summed E-state index contributed by atoms with van der Waals surface area (Å²) in [6, 6.07) is 11.6. The number of rotatable bonds is 5. The largest absolute Gasteiger partial charge is 0.473 e. The molecule has 2 aromatic heterocycles. The molecule has 1 amide bonds. The van der Waals surface area contributed by atoms with E-state index >= 15 is 0 Å². The van der Waals surface area contributed by atoms with Crippen LogP contribution in [0.25, 0.3) is 11.0 Å². The summed E-state index contributed by atoms with van der Waals surface area (Å²) in [6.07, 6.45) is 2.37. The number of carbonyl (C=O) groups excluding carboxylic acids is 1. The van der Waals surface area contributed by atoms with E-state index in [1.54, 1.807) is 23.9 Å². The molecule has 0 saturated carbocycles. The number of aryl methyl sites for hydroxylation is 1. The molecule has 3 aromatic rings. The summed E-state index contributed by atoms with van der Waals surface area (Å²) >= 11 is 0. The molecule has 9 heteroatoms. The molecule has 8 nitrogen and oxygen atoms in total. The number of imidazole rings is 1. The van der Waals surface area contributed by atoms with Gasteiger partial charge in [0.2, 0.25) is 5.88 Å². The Hall–Kier alpha value is -2.94. The number of pyridine rings is 1. The molecule has 158 valence electrons. The van der Waals surface area contributed by atoms with Crippen molar-refractivity contribution in [2.45, 2.75) is 31.9 Å². The standard InChI is InChI=1S/C21H24N4O4S/c1-21(8-10-30(27,28)11-9-21)24-20(26)19-23-16-13-22-18(12-17(16)25(19)2)29-14-15-6-4-3-5-7-15/h3-7,12-13H,8-11,14H2,1-2H3,(H,24,26). The summed E-state index contributed by atoms with van der Waals surface area (Å²) in [7, 11) is -1.24. The van der Waals surface area contributed by atoms with E-state index in [0.717, 1.165) is 11.1 Å². The molecule has 1 saturated heterocycles. The summed E-state index contributed by atoms with van der Waals surface area (Å²) in [4.78, 5) is 21.6. The molecule has 0 unspecified atom stereocenters. The first-order valence-electron chi connectivity index (χ1n) is 9.77. The molecule has 0 bridgehead atoms. The van der Waals surface area contributed by atoms with Crippen LogP contribution in [0.5, 0.6) is 5.88 Å². The van der Waals surface area contributed by atoms with Gasteiger partial charge < -0.3 is 14.6 Å². The molecule has 1 aliphatic heterocycles. The summed E-state index contributed by atoms with van der Waals surface area (Å²) in [5.41, 5.74) is 1.79. The van der Waals surface area contributed by atoms with Crippen LogP contribution in [-0.4, -0.2) is 45.9 Å². The number of sulfone groups is 1. The number of carbonyl (C=O) groups is 1. The highest BCUT2D eigenvalue weighted by atomic mass is 32.2. The van der Waals surface area contributed by atoms with Crippen LogP contribution < -0.4 is 10.1 Å². The van der Waals surface area contributed by atoms with Crippen LogP contribution in [0.4, 0.5) is 0 Å². The molecule has 1 fully saturated rings. The topological polar surface area (TPSA) is 103 Å². The first-order valence-corrected chi connectivity index (χ1v) is 11.6. The normalized spacial score (nSPS) is 17.5. The van der Waals surface area contributed by atoms with Crippen molar-refractivity contribution in [2.75, 3.05) is 11.5 Å². The van der Waals surface area contributed by atoms with Gasteiger partial charge in [-0.2, -0.15) is 0 Å². The van der Waals surface area contributed by atoms with E-state index in [0.29, 0.717) is 30.8 Å². The Labute approximate surface area is 175 Å². The third-order valence-corrected chi connectivity index (χ3v) is 7.17. The van der Waals surface area contributed by atoms with Crippen molar-refractivity contribution in [2.24, 2.45) is 7.05 Å². The van der Waals surface area contributed by atoms with Crippen molar-refractivity contribution in [3.63, 3.8) is 0 Å². The zero-order valence-electron chi connectivity index (χ0n) is 17.0. The zero-order chi connectivity index (χ0) is 21.4. The van der Waals surface area contributed by atoms with Crippen LogP contribution in [0.15, 0.2) is 42.6 Å². The lowest BCUT2D eigenvalue weighted by molar-refractivity contribution is 0.0886. The predicted octanol–water partition coefficient (Wildman–Crippen LogP) is 2.24. The monoisotopic (exact) mass is 428 g/mol. The fourth-order valence-corrected chi connectivity index (χ4v) is 5.26. The Kier molecular flexibility index (Phi) is 5.23. The number of benzene rings is 1. The molecule has 3 heterocycles. The molecule has 0 spiro atoms. The first kappa shape index (κ1) is 20.3. The van der Waals surface area contributed by atoms with Crippen LogP contribution in [0, 0.1) is 0 Å². The van der Waals surface area contributed by atoms with E-state index in [9.17, 15) is 13.2 Å². The Morgan fingerprint density at radius 1 is 1.23 bits per heavy atom. The SMILES string of the molecule is Cn1c(C(=O)NC2(C)CCS(=O)(=O)CC2)nc2cnc(OCc3ccccc3)cc21. The maximum Gasteiger partial charge on any atom is 0.287 e. The van der Waals surface area contributed by atoms with E-state index in [4.69, 9.17) is 4.74 Å². The summed E-state index contributed by atoms with van der Waals surface area (Å²) in [6.45, 7) is 2.27. The molecule has 1 aliphatic rings. The Morgan fingerprint density at radius 2 is 1.93 bits per heavy atom. The van der Waals surface area contributed by atoms with Gasteiger partial charge in [0.05, 0.1) is 23.2 Å². The summed E-state index contributed by atoms with van der Waals surface area (Å²) in [5, 5.41) is 2.97. The fourth-order valence-electron chi connectivity index (χ4n) is 3.53. The molecular formula is C21H24N4O4S. The lowest BCUT2D eigenvalue weighted by Crippen LogP contribution is -2.51. The third kappa shape index (κ3) is 4.30. The molecule has 4 rings (SSSR count). The second kappa shape index (κ2) is 7.71. The number of nitrogens with zero attached hydrogens (tertiary/aromatic N) is 3. The summed E-state index contributed by atoms with van der Waals surface area (Å²) in [5.74, 6) is 0.533. The molecule has 0 atom stereocenters. The number of nitrogens with one attached hydrogen (secondary N) is 1. The van der Waals surface area contributed by atoms with E-state index in [1.165, 1.54) is 0 Å². The van der Waals surface area contributed by atoms with Crippen molar-refractivity contribution in [1.29, 1.82) is 0 Å². The van der Waals surface area contributed by atoms with Crippen LogP contribution in [-0.2, 0) is 23.5 Å². The van der Waals surface area contributed by atoms with Crippen LogP contribution in [0.3, 0.4) is 0 Å². The van der Waals surface area contributed by atoms with E-state index < -0.39 is 15.4 Å². The van der Waals surface area contributed by atoms with Crippen molar-refractivity contribution < 1.29 is 17.9 Å². The molecular weight excluding hydrogens is 404 g/mol. The van der Waals surface area contributed by atoms with Crippen LogP contribution in [0.2, 0.25) is 0 Å². The highest BCUT2D eigenvalue weighted by Gasteiger charge is 2.35. The molecule has 1 aromatic carbocycles. The minimum Gasteiger partial charge on any atom is -0.473 e. The maximum atomic E-state index is 12.9. The fraction of sp³-hybridized carbons (Fsp3) is 0.381. The lowest BCUT2D eigenvalue weighted by atomic mass is 9.95. The second-order valence-corrected chi connectivity index (χ2v) is 10.3. The van der Waals surface area contributed by atoms with E-state index in [2.05, 4.69) is 15.3 Å². The lowest BCUT2D eigenvalue weighted by Gasteiger charge is -2.34. The van der Waals surface area contributed by atoms with Crippen molar-refractivity contribution in [3.8, 4) is 5.88 Å². The highest BCUT2D eigenvalue weighted by Crippen LogP contribution is 2.25. The zero-order valence-corrected chi connectivity index (χ0v) is 17.8. The van der Waals surface area contributed by atoms with Gasteiger partial charge in [-0.25, -0.2) is 18.4 Å². The number of fused-ring (bicyclic) bond motifs is 1. The van der Waals surface area contributed by atoms with Gasteiger partial charge in [-0.05, 0) is 25.3 Å². The van der Waals surface area contributed by atoms with Gasteiger partial charge in [-0.3, -0.25) is 4.79 Å². The van der Waals surface area contributed by atoms with Crippen molar-refractivity contribution >= 4 is 26.8 Å². The number of ether oxygens (including phenoxy) is 1. The van der Waals surface area contributed by atoms with Crippen LogP contribution in [0.1, 0.15) is 35.9 Å². The quantitative estimate of drug-likeness (QED) is 0.669. The third-order valence-electron chi connectivity index (χ3n) is 5.52. The number of hydrogen-bond acceptors (Lipinski definition) is 6. The van der Waals surface area contributed by atoms with Gasteiger partial charge in [0, 0.05) is 18.7 Å². The number of aromatic nitrogens is 3. The highest BCUT2D eigenvalue weighted by molar-refractivity contribution is 7.91. The Balaban J connectivity index is 1.50. The first-order chi connectivity index (χ1) is 14.2. The number of amides is 1. The minimum absolute atomic E-state index is 0.0817. The average molecular weight is 429 g/mol.